The third kappa shape index (κ3) is 3.31. The van der Waals surface area contributed by atoms with E-state index in [0.29, 0.717) is 35.8 Å². The number of fused-ring (bicyclic) bond motifs is 3. The van der Waals surface area contributed by atoms with Crippen molar-refractivity contribution in [2.75, 3.05) is 35.2 Å². The molecule has 1 saturated carbocycles. The number of pyridine rings is 1. The first-order valence-electron chi connectivity index (χ1n) is 10.4. The highest BCUT2D eigenvalue weighted by Gasteiger charge is 2.45. The van der Waals surface area contributed by atoms with Crippen molar-refractivity contribution in [1.82, 2.24) is 15.0 Å². The zero-order chi connectivity index (χ0) is 21.3. The van der Waals surface area contributed by atoms with E-state index in [1.165, 1.54) is 12.3 Å². The molecule has 2 N–H and O–H groups in total. The Kier molecular flexibility index (Phi) is 4.02. The first kappa shape index (κ1) is 18.9. The van der Waals surface area contributed by atoms with Crippen LogP contribution >= 0.6 is 0 Å². The molecule has 5 aliphatic rings. The minimum Gasteiger partial charge on any atom is -0.402 e. The molecule has 0 radical (unpaired) electrons. The topological polar surface area (TPSA) is 89.6 Å². The fraction of sp³-hybridized carbons (Fsp3) is 0.550. The summed E-state index contributed by atoms with van der Waals surface area (Å²) in [6.45, 7) is 2.31. The number of morpholine rings is 1. The Labute approximate surface area is 176 Å². The summed E-state index contributed by atoms with van der Waals surface area (Å²) in [5, 5.41) is 0. The van der Waals surface area contributed by atoms with Gasteiger partial charge in [0, 0.05) is 37.0 Å². The van der Waals surface area contributed by atoms with Gasteiger partial charge in [-0.1, -0.05) is 0 Å². The van der Waals surface area contributed by atoms with Crippen LogP contribution in [0.2, 0.25) is 0 Å². The lowest BCUT2D eigenvalue weighted by Gasteiger charge is -2.30. The zero-order valence-corrected chi connectivity index (χ0v) is 16.5. The van der Waals surface area contributed by atoms with Gasteiger partial charge in [0.2, 0.25) is 5.95 Å². The molecule has 2 unspecified atom stereocenters. The maximum atomic E-state index is 12.8. The Morgan fingerprint density at radius 2 is 1.90 bits per heavy atom. The molecule has 11 heteroatoms. The van der Waals surface area contributed by atoms with Gasteiger partial charge in [0.25, 0.3) is 0 Å². The van der Waals surface area contributed by atoms with Crippen molar-refractivity contribution in [3.63, 3.8) is 0 Å². The van der Waals surface area contributed by atoms with Crippen molar-refractivity contribution in [1.29, 1.82) is 0 Å². The second-order valence-electron chi connectivity index (χ2n) is 8.71. The van der Waals surface area contributed by atoms with Crippen LogP contribution in [0.15, 0.2) is 18.3 Å². The molecule has 5 fully saturated rings. The Morgan fingerprint density at radius 1 is 1.06 bits per heavy atom. The molecule has 2 aromatic heterocycles. The quantitative estimate of drug-likeness (QED) is 0.786. The molecular formula is C20H21F3N6O2. The summed E-state index contributed by atoms with van der Waals surface area (Å²) in [5.41, 5.74) is 6.49. The summed E-state index contributed by atoms with van der Waals surface area (Å²) >= 11 is 0. The van der Waals surface area contributed by atoms with Crippen molar-refractivity contribution in [2.24, 2.45) is 5.92 Å². The van der Waals surface area contributed by atoms with Crippen LogP contribution in [-0.2, 0) is 4.74 Å². The average Bonchev–Trinajstić information content (AvgIpc) is 3.48. The number of nitrogen functional groups attached to an aromatic ring is 1. The predicted molar refractivity (Wildman–Crippen MR) is 106 cm³/mol. The van der Waals surface area contributed by atoms with E-state index < -0.39 is 12.1 Å². The molecule has 4 aliphatic heterocycles. The normalized spacial score (nSPS) is 28.9. The molecule has 7 rings (SSSR count). The van der Waals surface area contributed by atoms with Crippen LogP contribution in [0.25, 0.3) is 11.3 Å². The number of aromatic nitrogens is 3. The van der Waals surface area contributed by atoms with Crippen molar-refractivity contribution in [3.8, 4) is 17.0 Å². The fourth-order valence-corrected chi connectivity index (χ4v) is 5.10. The first-order valence-corrected chi connectivity index (χ1v) is 10.4. The molecular weight excluding hydrogens is 413 g/mol. The van der Waals surface area contributed by atoms with Crippen LogP contribution in [-0.4, -0.2) is 59.2 Å². The third-order valence-electron chi connectivity index (χ3n) is 6.66. The van der Waals surface area contributed by atoms with E-state index in [1.807, 2.05) is 0 Å². The van der Waals surface area contributed by atoms with Crippen molar-refractivity contribution >= 4 is 17.6 Å². The van der Waals surface area contributed by atoms with Gasteiger partial charge in [0.05, 0.1) is 24.4 Å². The standard InChI is InChI=1S/C20H21F3N6O2/c21-20(22,23)31-16-3-11(6-25-18(16)24)15-5-17(28-8-14-4-13(28)9-30-14)27-19(26-15)29-7-10-1-12(29)2-10/h3,5-6,10,12-14H,1-2,4,7-9H2,(H2,24,25). The van der Waals surface area contributed by atoms with Crippen molar-refractivity contribution < 1.29 is 22.6 Å². The van der Waals surface area contributed by atoms with Crippen molar-refractivity contribution in [3.05, 3.63) is 18.3 Å². The van der Waals surface area contributed by atoms with Crippen LogP contribution in [0.5, 0.6) is 5.75 Å². The van der Waals surface area contributed by atoms with Crippen LogP contribution in [0.3, 0.4) is 0 Å². The maximum Gasteiger partial charge on any atom is 0.573 e. The van der Waals surface area contributed by atoms with Gasteiger partial charge >= 0.3 is 6.36 Å². The molecule has 4 bridgehead atoms. The van der Waals surface area contributed by atoms with Crippen LogP contribution in [0, 0.1) is 5.92 Å². The van der Waals surface area contributed by atoms with Gasteiger partial charge in [-0.05, 0) is 31.2 Å². The summed E-state index contributed by atoms with van der Waals surface area (Å²) in [4.78, 5) is 17.9. The van der Waals surface area contributed by atoms with E-state index in [0.717, 1.165) is 38.2 Å². The van der Waals surface area contributed by atoms with Crippen molar-refractivity contribution in [2.45, 2.75) is 43.8 Å². The zero-order valence-electron chi connectivity index (χ0n) is 16.5. The Morgan fingerprint density at radius 3 is 2.55 bits per heavy atom. The summed E-state index contributed by atoms with van der Waals surface area (Å²) in [5.74, 6) is 1.17. The van der Waals surface area contributed by atoms with E-state index in [9.17, 15) is 13.2 Å². The Balaban J connectivity index is 1.41. The second kappa shape index (κ2) is 6.59. The molecule has 2 aromatic rings. The second-order valence-corrected chi connectivity index (χ2v) is 8.71. The lowest BCUT2D eigenvalue weighted by molar-refractivity contribution is -0.274. The van der Waals surface area contributed by atoms with Crippen LogP contribution < -0.4 is 20.3 Å². The number of alkyl halides is 3. The predicted octanol–water partition coefficient (Wildman–Crippen LogP) is 2.60. The van der Waals surface area contributed by atoms with Gasteiger partial charge in [0.1, 0.15) is 5.82 Å². The smallest absolute Gasteiger partial charge is 0.402 e. The first-order chi connectivity index (χ1) is 14.8. The van der Waals surface area contributed by atoms with E-state index in [2.05, 4.69) is 19.5 Å². The fourth-order valence-electron chi connectivity index (χ4n) is 5.10. The lowest BCUT2D eigenvalue weighted by atomic mass is 9.86. The summed E-state index contributed by atoms with van der Waals surface area (Å²) < 4.78 is 48.1. The van der Waals surface area contributed by atoms with Crippen LogP contribution in [0.4, 0.5) is 30.8 Å². The Bertz CT molecular complexity index is 1030. The average molecular weight is 434 g/mol. The molecule has 2 atom stereocenters. The molecule has 8 nitrogen and oxygen atoms in total. The van der Waals surface area contributed by atoms with Gasteiger partial charge in [0.15, 0.2) is 11.6 Å². The summed E-state index contributed by atoms with van der Waals surface area (Å²) in [7, 11) is 0. The van der Waals surface area contributed by atoms with Gasteiger partial charge in [-0.15, -0.1) is 13.2 Å². The largest absolute Gasteiger partial charge is 0.573 e. The van der Waals surface area contributed by atoms with E-state index in [-0.39, 0.29) is 18.0 Å². The number of rotatable bonds is 4. The molecule has 164 valence electrons. The highest BCUT2D eigenvalue weighted by Crippen LogP contribution is 2.43. The maximum absolute atomic E-state index is 12.8. The molecule has 0 amide bonds. The molecule has 1 aliphatic carbocycles. The molecule has 0 aromatic carbocycles. The van der Waals surface area contributed by atoms with Gasteiger partial charge in [-0.3, -0.25) is 0 Å². The van der Waals surface area contributed by atoms with Crippen LogP contribution in [0.1, 0.15) is 19.3 Å². The van der Waals surface area contributed by atoms with Gasteiger partial charge in [-0.25, -0.2) is 9.97 Å². The SMILES string of the molecule is Nc1ncc(-c2cc(N3CC4CC3CO4)nc(N3CC4CC3C4)n2)cc1OC(F)(F)F. The van der Waals surface area contributed by atoms with E-state index in [1.54, 1.807) is 6.07 Å². The molecule has 31 heavy (non-hydrogen) atoms. The summed E-state index contributed by atoms with van der Waals surface area (Å²) in [6.07, 6.45) is -0.0253. The lowest BCUT2D eigenvalue weighted by Crippen LogP contribution is -2.38. The van der Waals surface area contributed by atoms with E-state index >= 15 is 0 Å². The number of halogens is 3. The number of nitrogens with two attached hydrogens (primary N) is 1. The Hall–Kier alpha value is -2.82. The van der Waals surface area contributed by atoms with E-state index in [4.69, 9.17) is 20.4 Å². The van der Waals surface area contributed by atoms with Gasteiger partial charge in [-0.2, -0.15) is 4.98 Å². The molecule has 0 spiro atoms. The third-order valence-corrected chi connectivity index (χ3v) is 6.66. The highest BCUT2D eigenvalue weighted by atomic mass is 19.4. The number of hydrogen-bond acceptors (Lipinski definition) is 8. The number of anilines is 3. The minimum atomic E-state index is -4.86. The molecule has 4 saturated heterocycles. The van der Waals surface area contributed by atoms with Gasteiger partial charge < -0.3 is 25.0 Å². The number of hydrogen-bond donors (Lipinski definition) is 1. The molecule has 6 heterocycles. The monoisotopic (exact) mass is 434 g/mol. The number of nitrogens with zero attached hydrogens (tertiary/aromatic N) is 5. The minimum absolute atomic E-state index is 0.191. The summed E-state index contributed by atoms with van der Waals surface area (Å²) in [6, 6.07) is 3.71. The highest BCUT2D eigenvalue weighted by molar-refractivity contribution is 5.68. The number of ether oxygens (including phenoxy) is 2.